The molecule has 0 unspecified atom stereocenters. The average Bonchev–Trinajstić information content (AvgIpc) is 3.01. The van der Waals surface area contributed by atoms with Crippen LogP contribution in [0.1, 0.15) is 21.5 Å². The van der Waals surface area contributed by atoms with Gasteiger partial charge in [0.05, 0.1) is 18.4 Å². The molecule has 0 aliphatic rings. The number of nitrogens with one attached hydrogen (secondary N) is 3. The number of rotatable bonds is 10. The van der Waals surface area contributed by atoms with Crippen molar-refractivity contribution in [2.24, 2.45) is 0 Å². The summed E-state index contributed by atoms with van der Waals surface area (Å²) in [5.74, 6) is -0.874. The Morgan fingerprint density at radius 1 is 0.814 bits per heavy atom. The van der Waals surface area contributed by atoms with Gasteiger partial charge >= 0.3 is 6.18 Å². The van der Waals surface area contributed by atoms with E-state index in [2.05, 4.69) is 16.0 Å². The van der Waals surface area contributed by atoms with Crippen LogP contribution in [0.15, 0.2) is 114 Å². The Morgan fingerprint density at radius 2 is 1.51 bits per heavy atom. The van der Waals surface area contributed by atoms with Crippen LogP contribution in [0.4, 0.5) is 24.5 Å². The molecule has 0 aliphatic heterocycles. The molecule has 0 spiro atoms. The smallest absolute Gasteiger partial charge is 0.416 e. The third-order valence-electron chi connectivity index (χ3n) is 5.91. The number of benzene rings is 4. The molecule has 3 amide bonds. The molecule has 0 fully saturated rings. The highest BCUT2D eigenvalue weighted by molar-refractivity contribution is 8.00. The van der Waals surface area contributed by atoms with Crippen molar-refractivity contribution in [3.63, 3.8) is 0 Å². The Kier molecular flexibility index (Phi) is 10.2. The minimum absolute atomic E-state index is 0.0173. The topological polar surface area (TPSA) is 96.5 Å². The molecule has 0 atom stereocenters. The van der Waals surface area contributed by atoms with Crippen molar-refractivity contribution in [1.29, 1.82) is 0 Å². The van der Waals surface area contributed by atoms with Crippen LogP contribution in [0, 0.1) is 0 Å². The van der Waals surface area contributed by atoms with Gasteiger partial charge in [-0.2, -0.15) is 13.2 Å². The highest BCUT2D eigenvalue weighted by Crippen LogP contribution is 2.31. The number of carbonyl (C=O) groups is 3. The van der Waals surface area contributed by atoms with Crippen LogP contribution in [0.3, 0.4) is 0 Å². The van der Waals surface area contributed by atoms with Crippen LogP contribution in [-0.2, 0) is 15.8 Å². The van der Waals surface area contributed by atoms with Crippen molar-refractivity contribution in [2.45, 2.75) is 11.1 Å². The van der Waals surface area contributed by atoms with Gasteiger partial charge in [-0.05, 0) is 78.4 Å². The number of alkyl halides is 3. The molecule has 0 saturated carbocycles. The molecular formula is C32H26F3N3O4S. The molecule has 4 rings (SSSR count). The third-order valence-corrected chi connectivity index (χ3v) is 6.92. The number of thioether (sulfide) groups is 1. The van der Waals surface area contributed by atoms with E-state index in [1.807, 2.05) is 0 Å². The highest BCUT2D eigenvalue weighted by atomic mass is 32.2. The lowest BCUT2D eigenvalue weighted by Crippen LogP contribution is -2.30. The summed E-state index contributed by atoms with van der Waals surface area (Å²) in [5, 5.41) is 7.89. The average molecular weight is 606 g/mol. The summed E-state index contributed by atoms with van der Waals surface area (Å²) >= 11 is 1.18. The zero-order chi connectivity index (χ0) is 30.8. The van der Waals surface area contributed by atoms with Gasteiger partial charge in [-0.25, -0.2) is 0 Å². The van der Waals surface area contributed by atoms with Gasteiger partial charge in [-0.1, -0.05) is 36.4 Å². The molecule has 0 bridgehead atoms. The second kappa shape index (κ2) is 14.2. The van der Waals surface area contributed by atoms with Crippen molar-refractivity contribution in [2.75, 3.05) is 23.5 Å². The van der Waals surface area contributed by atoms with Crippen LogP contribution < -0.4 is 20.7 Å². The van der Waals surface area contributed by atoms with E-state index < -0.39 is 29.5 Å². The van der Waals surface area contributed by atoms with Crippen LogP contribution in [0.5, 0.6) is 5.75 Å². The van der Waals surface area contributed by atoms with E-state index in [0.717, 1.165) is 12.1 Å². The van der Waals surface area contributed by atoms with Gasteiger partial charge in [-0.15, -0.1) is 11.8 Å². The molecule has 4 aromatic carbocycles. The highest BCUT2D eigenvalue weighted by Gasteiger charge is 2.30. The molecule has 4 aromatic rings. The molecule has 11 heteroatoms. The predicted molar refractivity (Wildman–Crippen MR) is 161 cm³/mol. The quantitative estimate of drug-likeness (QED) is 0.136. The first-order chi connectivity index (χ1) is 20.6. The predicted octanol–water partition coefficient (Wildman–Crippen LogP) is 6.85. The van der Waals surface area contributed by atoms with Crippen LogP contribution >= 0.6 is 11.8 Å². The first kappa shape index (κ1) is 30.9. The zero-order valence-electron chi connectivity index (χ0n) is 22.8. The Morgan fingerprint density at radius 3 is 2.16 bits per heavy atom. The van der Waals surface area contributed by atoms with Crippen LogP contribution in [0.25, 0.3) is 6.08 Å². The summed E-state index contributed by atoms with van der Waals surface area (Å²) in [4.78, 5) is 39.0. The fraction of sp³-hybridized carbons (Fsp3) is 0.0938. The lowest BCUT2D eigenvalue weighted by Gasteiger charge is -2.12. The molecule has 3 N–H and O–H groups in total. The van der Waals surface area contributed by atoms with E-state index in [1.165, 1.54) is 23.9 Å². The number of anilines is 2. The number of carbonyl (C=O) groups excluding carboxylic acids is 3. The Hall–Kier alpha value is -5.03. The Bertz CT molecular complexity index is 1610. The summed E-state index contributed by atoms with van der Waals surface area (Å²) in [5.41, 5.74) is 0.707. The van der Waals surface area contributed by atoms with E-state index >= 15 is 0 Å². The summed E-state index contributed by atoms with van der Waals surface area (Å²) < 4.78 is 43.9. The molecule has 0 aliphatic carbocycles. The maximum Gasteiger partial charge on any atom is 0.416 e. The van der Waals surface area contributed by atoms with Crippen molar-refractivity contribution in [1.82, 2.24) is 5.32 Å². The van der Waals surface area contributed by atoms with Gasteiger partial charge in [0.25, 0.3) is 11.8 Å². The summed E-state index contributed by atoms with van der Waals surface area (Å²) in [7, 11) is 1.54. The fourth-order valence-electron chi connectivity index (χ4n) is 3.76. The van der Waals surface area contributed by atoms with Gasteiger partial charge in [0.2, 0.25) is 5.91 Å². The first-order valence-corrected chi connectivity index (χ1v) is 13.8. The third kappa shape index (κ3) is 9.23. The van der Waals surface area contributed by atoms with Gasteiger partial charge < -0.3 is 20.7 Å². The molecule has 43 heavy (non-hydrogen) atoms. The molecule has 0 aromatic heterocycles. The fourth-order valence-corrected chi connectivity index (χ4v) is 4.46. The van der Waals surface area contributed by atoms with Crippen molar-refractivity contribution in [3.05, 3.63) is 126 Å². The van der Waals surface area contributed by atoms with Crippen molar-refractivity contribution < 1.29 is 32.3 Å². The van der Waals surface area contributed by atoms with Gasteiger partial charge in [0.15, 0.2) is 0 Å². The van der Waals surface area contributed by atoms with E-state index in [4.69, 9.17) is 4.74 Å². The molecule has 0 saturated heterocycles. The normalized spacial score (nSPS) is 11.4. The van der Waals surface area contributed by atoms with Gasteiger partial charge in [0, 0.05) is 21.8 Å². The second-order valence-electron chi connectivity index (χ2n) is 9.05. The lowest BCUT2D eigenvalue weighted by molar-refractivity contribution is -0.137. The summed E-state index contributed by atoms with van der Waals surface area (Å²) in [6.45, 7) is 0. The molecular weight excluding hydrogens is 579 g/mol. The van der Waals surface area contributed by atoms with E-state index in [9.17, 15) is 27.6 Å². The number of hydrogen-bond acceptors (Lipinski definition) is 5. The Labute approximate surface area is 250 Å². The van der Waals surface area contributed by atoms with Crippen molar-refractivity contribution >= 4 is 46.9 Å². The van der Waals surface area contributed by atoms with E-state index in [1.54, 1.807) is 92.0 Å². The summed E-state index contributed by atoms with van der Waals surface area (Å²) in [6.07, 6.45) is -2.96. The minimum Gasteiger partial charge on any atom is -0.497 e. The maximum atomic E-state index is 13.2. The Balaban J connectivity index is 1.39. The number of methoxy groups -OCH3 is 1. The molecule has 0 heterocycles. The molecule has 7 nitrogen and oxygen atoms in total. The van der Waals surface area contributed by atoms with Gasteiger partial charge in [0.1, 0.15) is 11.4 Å². The number of amides is 3. The standard InChI is InChI=1S/C32H26F3N3O4S/c1-42-26-14-10-21(11-15-26)18-28(38-30(40)22-6-3-2-4-7-22)31(41)37-24-12-16-27(17-13-24)43-20-29(39)36-25-9-5-8-23(19-25)32(33,34)35/h2-19H,20H2,1H3,(H,36,39)(H,37,41)(H,38,40)/b28-18-. The van der Waals surface area contributed by atoms with E-state index in [0.29, 0.717) is 27.5 Å². The zero-order valence-corrected chi connectivity index (χ0v) is 23.6. The van der Waals surface area contributed by atoms with Crippen molar-refractivity contribution in [3.8, 4) is 5.75 Å². The van der Waals surface area contributed by atoms with Crippen LogP contribution in [-0.4, -0.2) is 30.6 Å². The largest absolute Gasteiger partial charge is 0.497 e. The second-order valence-corrected chi connectivity index (χ2v) is 10.1. The summed E-state index contributed by atoms with van der Waals surface area (Å²) in [6, 6.07) is 26.5. The SMILES string of the molecule is COc1ccc(/C=C(\NC(=O)c2ccccc2)C(=O)Nc2ccc(SCC(=O)Nc3cccc(C(F)(F)F)c3)cc2)cc1. The van der Waals surface area contributed by atoms with E-state index in [-0.39, 0.29) is 17.1 Å². The molecule has 220 valence electrons. The monoisotopic (exact) mass is 605 g/mol. The number of ether oxygens (including phenoxy) is 1. The first-order valence-electron chi connectivity index (χ1n) is 12.8. The van der Waals surface area contributed by atoms with Gasteiger partial charge in [-0.3, -0.25) is 14.4 Å². The van der Waals surface area contributed by atoms with Crippen LogP contribution in [0.2, 0.25) is 0 Å². The minimum atomic E-state index is -4.51. The number of hydrogen-bond donors (Lipinski definition) is 3. The number of halogens is 3. The lowest BCUT2D eigenvalue weighted by atomic mass is 10.1. The maximum absolute atomic E-state index is 13.2. The molecule has 0 radical (unpaired) electrons.